The van der Waals surface area contributed by atoms with Crippen LogP contribution in [0.4, 0.5) is 4.79 Å². The molecule has 1 fully saturated rings. The average Bonchev–Trinajstić information content (AvgIpc) is 2.36. The fourth-order valence-corrected chi connectivity index (χ4v) is 2.10. The summed E-state index contributed by atoms with van der Waals surface area (Å²) in [5.74, 6) is -0.206. The van der Waals surface area contributed by atoms with Crippen LogP contribution < -0.4 is 5.32 Å². The standard InChI is InChI=1S/C14H24N2O4/c1-14(2,3)20-13(19)15-11(7-10-17)12(18)16-8-5-4-6-9-16/h10-11H,4-9H2,1-3H3,(H,15,19). The maximum atomic E-state index is 12.3. The summed E-state index contributed by atoms with van der Waals surface area (Å²) in [6.07, 6.45) is 2.98. The number of ether oxygens (including phenoxy) is 1. The number of rotatable bonds is 4. The van der Waals surface area contributed by atoms with Crippen LogP contribution in [0.1, 0.15) is 46.5 Å². The first-order valence-electron chi connectivity index (χ1n) is 7.05. The van der Waals surface area contributed by atoms with E-state index in [1.807, 2.05) is 0 Å². The lowest BCUT2D eigenvalue weighted by Crippen LogP contribution is -2.51. The molecule has 0 spiro atoms. The number of carbonyl (C=O) groups excluding carboxylic acids is 3. The third-order valence-electron chi connectivity index (χ3n) is 2.99. The number of carbonyl (C=O) groups is 3. The summed E-state index contributed by atoms with van der Waals surface area (Å²) in [4.78, 5) is 36.4. The van der Waals surface area contributed by atoms with Crippen LogP contribution in [0.5, 0.6) is 0 Å². The number of hydrogen-bond acceptors (Lipinski definition) is 4. The number of hydrogen-bond donors (Lipinski definition) is 1. The molecule has 1 atom stereocenters. The topological polar surface area (TPSA) is 75.7 Å². The number of nitrogens with one attached hydrogen (secondary N) is 1. The van der Waals surface area contributed by atoms with Crippen molar-refractivity contribution in [3.05, 3.63) is 0 Å². The fourth-order valence-electron chi connectivity index (χ4n) is 2.10. The van der Waals surface area contributed by atoms with Gasteiger partial charge in [0.05, 0.1) is 0 Å². The van der Waals surface area contributed by atoms with Gasteiger partial charge in [-0.25, -0.2) is 4.79 Å². The zero-order valence-electron chi connectivity index (χ0n) is 12.5. The van der Waals surface area contributed by atoms with Crippen molar-refractivity contribution in [2.75, 3.05) is 13.1 Å². The third kappa shape index (κ3) is 5.59. The lowest BCUT2D eigenvalue weighted by Gasteiger charge is -2.30. The second-order valence-corrected chi connectivity index (χ2v) is 5.99. The Morgan fingerprint density at radius 1 is 1.25 bits per heavy atom. The van der Waals surface area contributed by atoms with Gasteiger partial charge in [-0.3, -0.25) is 4.79 Å². The maximum absolute atomic E-state index is 12.3. The van der Waals surface area contributed by atoms with E-state index in [1.165, 1.54) is 0 Å². The van der Waals surface area contributed by atoms with Crippen LogP contribution in [0.3, 0.4) is 0 Å². The van der Waals surface area contributed by atoms with E-state index in [1.54, 1.807) is 25.7 Å². The number of alkyl carbamates (subject to hydrolysis) is 1. The molecule has 1 unspecified atom stereocenters. The molecule has 1 aliphatic heterocycles. The molecule has 114 valence electrons. The van der Waals surface area contributed by atoms with Crippen molar-refractivity contribution >= 4 is 18.3 Å². The van der Waals surface area contributed by atoms with Crippen molar-refractivity contribution in [2.24, 2.45) is 0 Å². The van der Waals surface area contributed by atoms with E-state index in [0.29, 0.717) is 19.4 Å². The van der Waals surface area contributed by atoms with E-state index in [0.717, 1.165) is 19.3 Å². The first-order chi connectivity index (χ1) is 9.33. The first-order valence-corrected chi connectivity index (χ1v) is 7.05. The third-order valence-corrected chi connectivity index (χ3v) is 2.99. The monoisotopic (exact) mass is 284 g/mol. The van der Waals surface area contributed by atoms with Crippen molar-refractivity contribution in [3.8, 4) is 0 Å². The summed E-state index contributed by atoms with van der Waals surface area (Å²) >= 11 is 0. The van der Waals surface area contributed by atoms with Crippen molar-refractivity contribution in [3.63, 3.8) is 0 Å². The largest absolute Gasteiger partial charge is 0.444 e. The predicted octanol–water partition coefficient (Wildman–Crippen LogP) is 1.48. The molecular formula is C14H24N2O4. The predicted molar refractivity (Wildman–Crippen MR) is 74.3 cm³/mol. The molecule has 0 saturated carbocycles. The number of aldehydes is 1. The van der Waals surface area contributed by atoms with Crippen molar-refractivity contribution in [1.82, 2.24) is 10.2 Å². The van der Waals surface area contributed by atoms with Crippen LogP contribution in [0.25, 0.3) is 0 Å². The molecule has 2 amide bonds. The zero-order chi connectivity index (χ0) is 15.2. The summed E-state index contributed by atoms with van der Waals surface area (Å²) in [6.45, 7) is 6.60. The van der Waals surface area contributed by atoms with Gasteiger partial charge in [0.1, 0.15) is 17.9 Å². The minimum atomic E-state index is -0.833. The lowest BCUT2D eigenvalue weighted by atomic mass is 10.1. The van der Waals surface area contributed by atoms with Gasteiger partial charge >= 0.3 is 6.09 Å². The highest BCUT2D eigenvalue weighted by Crippen LogP contribution is 2.12. The molecule has 20 heavy (non-hydrogen) atoms. The molecule has 0 aromatic heterocycles. The molecule has 1 aliphatic rings. The maximum Gasteiger partial charge on any atom is 0.408 e. The fraction of sp³-hybridized carbons (Fsp3) is 0.786. The van der Waals surface area contributed by atoms with Gasteiger partial charge < -0.3 is 19.7 Å². The van der Waals surface area contributed by atoms with Crippen LogP contribution >= 0.6 is 0 Å². The smallest absolute Gasteiger partial charge is 0.408 e. The van der Waals surface area contributed by atoms with Crippen LogP contribution in [0.15, 0.2) is 0 Å². The van der Waals surface area contributed by atoms with Gasteiger partial charge in [-0.2, -0.15) is 0 Å². The molecule has 1 rings (SSSR count). The Morgan fingerprint density at radius 2 is 1.85 bits per heavy atom. The van der Waals surface area contributed by atoms with E-state index in [-0.39, 0.29) is 12.3 Å². The highest BCUT2D eigenvalue weighted by atomic mass is 16.6. The molecule has 0 aromatic carbocycles. The molecule has 0 radical (unpaired) electrons. The molecule has 0 aromatic rings. The van der Waals surface area contributed by atoms with E-state index in [2.05, 4.69) is 5.32 Å². The molecule has 0 aliphatic carbocycles. The summed E-state index contributed by atoms with van der Waals surface area (Å²) < 4.78 is 5.12. The molecule has 1 heterocycles. The Hall–Kier alpha value is -1.59. The minimum Gasteiger partial charge on any atom is -0.444 e. The van der Waals surface area contributed by atoms with Crippen LogP contribution in [-0.2, 0) is 14.3 Å². The number of piperidine rings is 1. The Labute approximate surface area is 119 Å². The van der Waals surface area contributed by atoms with E-state index in [4.69, 9.17) is 4.74 Å². The van der Waals surface area contributed by atoms with Crippen molar-refractivity contribution in [2.45, 2.75) is 58.1 Å². The molecule has 6 heteroatoms. The van der Waals surface area contributed by atoms with E-state index in [9.17, 15) is 14.4 Å². The lowest BCUT2D eigenvalue weighted by molar-refractivity contribution is -0.135. The minimum absolute atomic E-state index is 0.0332. The molecule has 6 nitrogen and oxygen atoms in total. The Morgan fingerprint density at radius 3 is 2.35 bits per heavy atom. The highest BCUT2D eigenvalue weighted by Gasteiger charge is 2.28. The normalized spacial score (nSPS) is 17.2. The Balaban J connectivity index is 2.60. The molecule has 1 N–H and O–H groups in total. The van der Waals surface area contributed by atoms with Gasteiger partial charge in [0.15, 0.2) is 0 Å². The van der Waals surface area contributed by atoms with Crippen molar-refractivity contribution in [1.29, 1.82) is 0 Å². The summed E-state index contributed by atoms with van der Waals surface area (Å²) in [5.41, 5.74) is -0.635. The second kappa shape index (κ2) is 7.26. The second-order valence-electron chi connectivity index (χ2n) is 5.99. The van der Waals surface area contributed by atoms with Crippen LogP contribution in [0, 0.1) is 0 Å². The highest BCUT2D eigenvalue weighted by molar-refractivity contribution is 5.87. The molecule has 1 saturated heterocycles. The van der Waals surface area contributed by atoms with Gasteiger partial charge in [-0.15, -0.1) is 0 Å². The van der Waals surface area contributed by atoms with Gasteiger partial charge in [0.2, 0.25) is 5.91 Å². The molecular weight excluding hydrogens is 260 g/mol. The summed E-state index contributed by atoms with van der Waals surface area (Å²) in [7, 11) is 0. The van der Waals surface area contributed by atoms with E-state index >= 15 is 0 Å². The average molecular weight is 284 g/mol. The Kier molecular flexibility index (Phi) is 5.98. The van der Waals surface area contributed by atoms with Gasteiger partial charge in [0.25, 0.3) is 0 Å². The van der Waals surface area contributed by atoms with Crippen molar-refractivity contribution < 1.29 is 19.1 Å². The summed E-state index contributed by atoms with van der Waals surface area (Å²) in [6, 6.07) is -0.833. The number of nitrogens with zero attached hydrogens (tertiary/aromatic N) is 1. The number of likely N-dealkylation sites (tertiary alicyclic amines) is 1. The van der Waals surface area contributed by atoms with Gasteiger partial charge in [-0.1, -0.05) is 0 Å². The van der Waals surface area contributed by atoms with Gasteiger partial charge in [0, 0.05) is 19.5 Å². The van der Waals surface area contributed by atoms with Gasteiger partial charge in [-0.05, 0) is 40.0 Å². The summed E-state index contributed by atoms with van der Waals surface area (Å²) in [5, 5.41) is 2.49. The number of amides is 2. The first kappa shape index (κ1) is 16.5. The van der Waals surface area contributed by atoms with E-state index < -0.39 is 17.7 Å². The quantitative estimate of drug-likeness (QED) is 0.793. The van der Waals surface area contributed by atoms with Crippen LogP contribution in [-0.4, -0.2) is 47.9 Å². The molecule has 0 bridgehead atoms. The Bertz CT molecular complexity index is 357. The zero-order valence-corrected chi connectivity index (χ0v) is 12.5. The SMILES string of the molecule is CC(C)(C)OC(=O)NC(CC=O)C(=O)N1CCCCC1. The van der Waals surface area contributed by atoms with Crippen LogP contribution in [0.2, 0.25) is 0 Å².